The molecule has 2 aliphatic rings. The van der Waals surface area contributed by atoms with E-state index in [1.165, 1.54) is 20.0 Å². The number of carbonyl (C=O) groups is 2. The van der Waals surface area contributed by atoms with E-state index in [4.69, 9.17) is 14.2 Å². The molecule has 1 aromatic carbocycles. The van der Waals surface area contributed by atoms with Gasteiger partial charge in [0.15, 0.2) is 0 Å². The number of esters is 1. The molecule has 0 N–H and O–H groups in total. The van der Waals surface area contributed by atoms with E-state index in [0.717, 1.165) is 16.7 Å². The first-order chi connectivity index (χ1) is 13.7. The third-order valence-electron chi connectivity index (χ3n) is 5.32. The quantitative estimate of drug-likeness (QED) is 0.686. The highest BCUT2D eigenvalue weighted by atomic mass is 16.6. The van der Waals surface area contributed by atoms with Gasteiger partial charge in [0.05, 0.1) is 25.3 Å². The lowest BCUT2D eigenvalue weighted by Gasteiger charge is -2.32. The van der Waals surface area contributed by atoms with Crippen molar-refractivity contribution < 1.29 is 23.8 Å². The van der Waals surface area contributed by atoms with E-state index in [2.05, 4.69) is 12.1 Å². The third-order valence-corrected chi connectivity index (χ3v) is 5.32. The van der Waals surface area contributed by atoms with Crippen LogP contribution in [0, 0.1) is 5.92 Å². The Morgan fingerprint density at radius 3 is 2.28 bits per heavy atom. The molecule has 1 fully saturated rings. The summed E-state index contributed by atoms with van der Waals surface area (Å²) in [4.78, 5) is 26.5. The Morgan fingerprint density at radius 2 is 1.76 bits per heavy atom. The first kappa shape index (κ1) is 21.4. The van der Waals surface area contributed by atoms with Crippen molar-refractivity contribution in [2.45, 2.75) is 51.7 Å². The molecule has 29 heavy (non-hydrogen) atoms. The van der Waals surface area contributed by atoms with Gasteiger partial charge in [-0.1, -0.05) is 24.3 Å². The molecular weight excluding hydrogens is 370 g/mol. The molecule has 1 aliphatic carbocycles. The van der Waals surface area contributed by atoms with Crippen molar-refractivity contribution in [2.24, 2.45) is 5.92 Å². The van der Waals surface area contributed by atoms with E-state index < -0.39 is 17.7 Å². The average Bonchev–Trinajstić information content (AvgIpc) is 3.52. The monoisotopic (exact) mass is 401 g/mol. The molecule has 6 heteroatoms. The summed E-state index contributed by atoms with van der Waals surface area (Å²) in [6, 6.07) is 8.21. The normalized spacial score (nSPS) is 18.4. The standard InChI is InChI=1S/C23H31NO5/c1-23(2,3)29-22(26)24-13-12-18(19(14-24)21(25)28-5)15-6-8-16(9-7-15)20(27-4)17-10-11-17/h6-9,17,20H,10-14H2,1-5H3. The van der Waals surface area contributed by atoms with Gasteiger partial charge in [0.1, 0.15) is 5.60 Å². The number of amides is 1. The Hall–Kier alpha value is -2.34. The predicted octanol–water partition coefficient (Wildman–Crippen LogP) is 4.35. The summed E-state index contributed by atoms with van der Waals surface area (Å²) in [6.45, 7) is 6.16. The van der Waals surface area contributed by atoms with Gasteiger partial charge < -0.3 is 19.1 Å². The summed E-state index contributed by atoms with van der Waals surface area (Å²) in [5.41, 5.74) is 2.97. The van der Waals surface area contributed by atoms with Crippen LogP contribution in [-0.2, 0) is 19.0 Å². The number of hydrogen-bond acceptors (Lipinski definition) is 5. The van der Waals surface area contributed by atoms with Crippen LogP contribution in [0.3, 0.4) is 0 Å². The maximum atomic E-state index is 12.5. The molecule has 1 unspecified atom stereocenters. The van der Waals surface area contributed by atoms with Crippen molar-refractivity contribution in [3.63, 3.8) is 0 Å². The first-order valence-corrected chi connectivity index (χ1v) is 10.1. The summed E-state index contributed by atoms with van der Waals surface area (Å²) in [7, 11) is 3.11. The zero-order chi connectivity index (χ0) is 21.2. The van der Waals surface area contributed by atoms with E-state index in [9.17, 15) is 9.59 Å². The van der Waals surface area contributed by atoms with Gasteiger partial charge in [0.2, 0.25) is 0 Å². The Morgan fingerprint density at radius 1 is 1.10 bits per heavy atom. The van der Waals surface area contributed by atoms with Gasteiger partial charge >= 0.3 is 12.1 Å². The van der Waals surface area contributed by atoms with Crippen LogP contribution >= 0.6 is 0 Å². The van der Waals surface area contributed by atoms with E-state index in [1.54, 1.807) is 12.0 Å². The number of hydrogen-bond donors (Lipinski definition) is 0. The highest BCUT2D eigenvalue weighted by Gasteiger charge is 2.33. The van der Waals surface area contributed by atoms with E-state index in [-0.39, 0.29) is 12.6 Å². The van der Waals surface area contributed by atoms with Crippen LogP contribution in [0.1, 0.15) is 57.3 Å². The summed E-state index contributed by atoms with van der Waals surface area (Å²) < 4.78 is 16.1. The molecule has 0 spiro atoms. The molecule has 3 rings (SSSR count). The maximum absolute atomic E-state index is 12.5. The fourth-order valence-corrected chi connectivity index (χ4v) is 3.75. The summed E-state index contributed by atoms with van der Waals surface area (Å²) in [5, 5.41) is 0. The van der Waals surface area contributed by atoms with Crippen molar-refractivity contribution in [1.82, 2.24) is 4.90 Å². The molecule has 1 saturated carbocycles. The predicted molar refractivity (Wildman–Crippen MR) is 110 cm³/mol. The molecule has 0 aromatic heterocycles. The van der Waals surface area contributed by atoms with Gasteiger partial charge in [-0.25, -0.2) is 9.59 Å². The number of carbonyl (C=O) groups excluding carboxylic acids is 2. The number of benzene rings is 1. The van der Waals surface area contributed by atoms with E-state index >= 15 is 0 Å². The first-order valence-electron chi connectivity index (χ1n) is 10.1. The van der Waals surface area contributed by atoms with Crippen LogP contribution < -0.4 is 0 Å². The van der Waals surface area contributed by atoms with Crippen LogP contribution in [-0.4, -0.2) is 49.9 Å². The van der Waals surface area contributed by atoms with E-state index in [0.29, 0.717) is 24.5 Å². The van der Waals surface area contributed by atoms with Gasteiger partial charge in [-0.3, -0.25) is 0 Å². The minimum absolute atomic E-state index is 0.132. The minimum atomic E-state index is -0.582. The SMILES string of the molecule is COC(=O)C1=C(c2ccc(C(OC)C3CC3)cc2)CCN(C(=O)OC(C)(C)C)C1. The molecule has 1 amide bonds. The Kier molecular flexibility index (Phi) is 6.32. The highest BCUT2D eigenvalue weighted by molar-refractivity contribution is 5.99. The molecule has 0 radical (unpaired) electrons. The summed E-state index contributed by atoms with van der Waals surface area (Å²) in [5.74, 6) is 0.192. The Bertz CT molecular complexity index is 786. The molecule has 1 heterocycles. The van der Waals surface area contributed by atoms with Gasteiger partial charge in [-0.05, 0) is 62.7 Å². The second-order valence-corrected chi connectivity index (χ2v) is 8.72. The summed E-state index contributed by atoms with van der Waals surface area (Å²) in [6.07, 6.45) is 2.70. The van der Waals surface area contributed by atoms with Crippen LogP contribution in [0.25, 0.3) is 5.57 Å². The molecule has 1 atom stereocenters. The lowest BCUT2D eigenvalue weighted by molar-refractivity contribution is -0.136. The molecule has 158 valence electrons. The Labute approximate surface area is 172 Å². The van der Waals surface area contributed by atoms with Crippen molar-refractivity contribution in [3.05, 3.63) is 41.0 Å². The fourth-order valence-electron chi connectivity index (χ4n) is 3.75. The second-order valence-electron chi connectivity index (χ2n) is 8.72. The Balaban J connectivity index is 1.83. The van der Waals surface area contributed by atoms with Crippen LogP contribution in [0.4, 0.5) is 4.79 Å². The molecule has 1 aromatic rings. The van der Waals surface area contributed by atoms with Crippen LogP contribution in [0.5, 0.6) is 0 Å². The second kappa shape index (κ2) is 8.57. The van der Waals surface area contributed by atoms with Crippen LogP contribution in [0.15, 0.2) is 29.8 Å². The van der Waals surface area contributed by atoms with Crippen molar-refractivity contribution in [1.29, 1.82) is 0 Å². The smallest absolute Gasteiger partial charge is 0.410 e. The number of rotatable bonds is 5. The van der Waals surface area contributed by atoms with Crippen molar-refractivity contribution in [2.75, 3.05) is 27.3 Å². The number of methoxy groups -OCH3 is 2. The zero-order valence-corrected chi connectivity index (χ0v) is 18.0. The summed E-state index contributed by atoms with van der Waals surface area (Å²) >= 11 is 0. The molecule has 6 nitrogen and oxygen atoms in total. The molecule has 0 saturated heterocycles. The van der Waals surface area contributed by atoms with Crippen LogP contribution in [0.2, 0.25) is 0 Å². The maximum Gasteiger partial charge on any atom is 0.410 e. The van der Waals surface area contributed by atoms with Crippen molar-refractivity contribution in [3.8, 4) is 0 Å². The number of nitrogens with zero attached hydrogens (tertiary/aromatic N) is 1. The topological polar surface area (TPSA) is 65.1 Å². The van der Waals surface area contributed by atoms with Gasteiger partial charge in [-0.2, -0.15) is 0 Å². The number of ether oxygens (including phenoxy) is 3. The highest BCUT2D eigenvalue weighted by Crippen LogP contribution is 2.43. The largest absolute Gasteiger partial charge is 0.466 e. The average molecular weight is 402 g/mol. The molecule has 1 aliphatic heterocycles. The minimum Gasteiger partial charge on any atom is -0.466 e. The lowest BCUT2D eigenvalue weighted by atomic mass is 9.92. The lowest BCUT2D eigenvalue weighted by Crippen LogP contribution is -2.41. The van der Waals surface area contributed by atoms with E-state index in [1.807, 2.05) is 32.9 Å². The van der Waals surface area contributed by atoms with Crippen molar-refractivity contribution >= 4 is 17.6 Å². The zero-order valence-electron chi connectivity index (χ0n) is 18.0. The molecular formula is C23H31NO5. The molecule has 0 bridgehead atoms. The third kappa shape index (κ3) is 5.18. The fraction of sp³-hybridized carbons (Fsp3) is 0.565. The van der Waals surface area contributed by atoms with Gasteiger partial charge in [0.25, 0.3) is 0 Å². The van der Waals surface area contributed by atoms with Gasteiger partial charge in [0, 0.05) is 13.7 Å². The van der Waals surface area contributed by atoms with Gasteiger partial charge in [-0.15, -0.1) is 0 Å².